The molecular weight excluding hydrogens is 460 g/mol. The summed E-state index contributed by atoms with van der Waals surface area (Å²) in [6, 6.07) is 9.77. The lowest BCUT2D eigenvalue weighted by atomic mass is 9.93. The molecule has 0 amide bonds. The highest BCUT2D eigenvalue weighted by Crippen LogP contribution is 2.37. The van der Waals surface area contributed by atoms with Gasteiger partial charge in [-0.2, -0.15) is 4.98 Å². The second kappa shape index (κ2) is 11.9. The fourth-order valence-corrected chi connectivity index (χ4v) is 5.80. The molecular formula is C30H44N6O. The van der Waals surface area contributed by atoms with Crippen molar-refractivity contribution < 1.29 is 5.11 Å². The van der Waals surface area contributed by atoms with Crippen molar-refractivity contribution in [2.24, 2.45) is 0 Å². The Morgan fingerprint density at radius 3 is 2.49 bits per heavy atom. The van der Waals surface area contributed by atoms with Gasteiger partial charge in [0.15, 0.2) is 0 Å². The second-order valence-electron chi connectivity index (χ2n) is 11.3. The van der Waals surface area contributed by atoms with Crippen LogP contribution >= 0.6 is 0 Å². The molecule has 37 heavy (non-hydrogen) atoms. The molecule has 0 bridgehead atoms. The molecule has 1 saturated carbocycles. The van der Waals surface area contributed by atoms with Gasteiger partial charge >= 0.3 is 0 Å². The number of piperazine rings is 1. The number of anilines is 1. The predicted octanol–water partition coefficient (Wildman–Crippen LogP) is 5.31. The molecule has 2 aromatic heterocycles. The van der Waals surface area contributed by atoms with E-state index in [1.165, 1.54) is 29.5 Å². The quantitative estimate of drug-likeness (QED) is 0.411. The van der Waals surface area contributed by atoms with Crippen LogP contribution in [-0.4, -0.2) is 74.8 Å². The summed E-state index contributed by atoms with van der Waals surface area (Å²) in [5.74, 6) is 0.709. The average molecular weight is 505 g/mol. The van der Waals surface area contributed by atoms with E-state index in [0.29, 0.717) is 18.0 Å². The van der Waals surface area contributed by atoms with Gasteiger partial charge in [0.2, 0.25) is 5.95 Å². The molecule has 1 aromatic carbocycles. The van der Waals surface area contributed by atoms with E-state index in [0.717, 1.165) is 75.9 Å². The topological polar surface area (TPSA) is 69.5 Å². The maximum Gasteiger partial charge on any atom is 0.224 e. The van der Waals surface area contributed by atoms with Gasteiger partial charge < -0.3 is 19.9 Å². The molecule has 1 aliphatic heterocycles. The number of rotatable bonds is 9. The molecule has 1 aliphatic carbocycles. The van der Waals surface area contributed by atoms with Gasteiger partial charge in [0.1, 0.15) is 5.65 Å². The third-order valence-corrected chi connectivity index (χ3v) is 8.26. The molecule has 0 radical (unpaired) electrons. The van der Waals surface area contributed by atoms with Gasteiger partial charge in [-0.3, -0.25) is 4.90 Å². The maximum absolute atomic E-state index is 10.1. The molecule has 5 rings (SSSR count). The van der Waals surface area contributed by atoms with Crippen molar-refractivity contribution in [1.29, 1.82) is 0 Å². The van der Waals surface area contributed by atoms with Crippen LogP contribution in [0.1, 0.15) is 70.4 Å². The lowest BCUT2D eigenvalue weighted by Crippen LogP contribution is -2.43. The summed E-state index contributed by atoms with van der Waals surface area (Å²) in [5, 5.41) is 14.7. The highest BCUT2D eigenvalue weighted by molar-refractivity contribution is 5.94. The highest BCUT2D eigenvalue weighted by Gasteiger charge is 2.24. The number of likely N-dealkylation sites (N-methyl/N-ethyl adjacent to an activating group) is 1. The van der Waals surface area contributed by atoms with Gasteiger partial charge in [0.25, 0.3) is 0 Å². The Bertz CT molecular complexity index is 1140. The van der Waals surface area contributed by atoms with Crippen molar-refractivity contribution in [1.82, 2.24) is 24.3 Å². The van der Waals surface area contributed by atoms with Crippen molar-refractivity contribution in [3.63, 3.8) is 0 Å². The van der Waals surface area contributed by atoms with Crippen LogP contribution in [0.5, 0.6) is 0 Å². The van der Waals surface area contributed by atoms with Crippen molar-refractivity contribution >= 4 is 17.0 Å². The number of aliphatic hydroxyl groups excluding tert-OH is 1. The van der Waals surface area contributed by atoms with Gasteiger partial charge in [-0.25, -0.2) is 4.98 Å². The van der Waals surface area contributed by atoms with Crippen LogP contribution in [0, 0.1) is 0 Å². The number of hydrogen-bond acceptors (Lipinski definition) is 6. The van der Waals surface area contributed by atoms with E-state index in [1.54, 1.807) is 0 Å². The summed E-state index contributed by atoms with van der Waals surface area (Å²) in [4.78, 5) is 14.7. The number of unbranched alkanes of at least 4 members (excludes halogenated alkanes) is 1. The smallest absolute Gasteiger partial charge is 0.224 e. The maximum atomic E-state index is 10.1. The molecule has 2 N–H and O–H groups in total. The second-order valence-corrected chi connectivity index (χ2v) is 11.3. The minimum atomic E-state index is -0.170. The summed E-state index contributed by atoms with van der Waals surface area (Å²) in [5.41, 5.74) is 4.76. The van der Waals surface area contributed by atoms with Crippen LogP contribution in [0.4, 0.5) is 5.95 Å². The van der Waals surface area contributed by atoms with E-state index in [-0.39, 0.29) is 6.10 Å². The van der Waals surface area contributed by atoms with Crippen LogP contribution in [0.3, 0.4) is 0 Å². The van der Waals surface area contributed by atoms with Gasteiger partial charge in [0, 0.05) is 68.2 Å². The first-order valence-electron chi connectivity index (χ1n) is 14.3. The normalized spacial score (nSPS) is 22.4. The Kier molecular flexibility index (Phi) is 8.43. The van der Waals surface area contributed by atoms with Crippen LogP contribution in [0.2, 0.25) is 0 Å². The van der Waals surface area contributed by atoms with E-state index in [2.05, 4.69) is 71.0 Å². The SMILES string of the molecule is CCCC[C@H](C)Nc1ncc2c(-c3ccc(CN4CCN(C)CC4)cc3)cn([C@H]3CC[C@H](O)CC3)c2n1. The third kappa shape index (κ3) is 6.33. The first-order valence-corrected chi connectivity index (χ1v) is 14.3. The Morgan fingerprint density at radius 2 is 1.78 bits per heavy atom. The zero-order valence-electron chi connectivity index (χ0n) is 22.9. The Hall–Kier alpha value is -2.48. The molecule has 1 saturated heterocycles. The zero-order chi connectivity index (χ0) is 25.8. The summed E-state index contributed by atoms with van der Waals surface area (Å²) >= 11 is 0. The Morgan fingerprint density at radius 1 is 1.05 bits per heavy atom. The summed E-state index contributed by atoms with van der Waals surface area (Å²) < 4.78 is 2.36. The van der Waals surface area contributed by atoms with Gasteiger partial charge in [-0.15, -0.1) is 0 Å². The van der Waals surface area contributed by atoms with E-state index in [4.69, 9.17) is 9.97 Å². The molecule has 7 heteroatoms. The lowest BCUT2D eigenvalue weighted by molar-refractivity contribution is 0.111. The average Bonchev–Trinajstić information content (AvgIpc) is 3.28. The molecule has 3 heterocycles. The number of aliphatic hydroxyl groups is 1. The first-order chi connectivity index (χ1) is 18.0. The molecule has 3 aromatic rings. The zero-order valence-corrected chi connectivity index (χ0v) is 22.9. The molecule has 2 fully saturated rings. The molecule has 0 unspecified atom stereocenters. The van der Waals surface area contributed by atoms with Crippen LogP contribution < -0.4 is 5.32 Å². The Labute approximate surface area is 221 Å². The fraction of sp³-hybridized carbons (Fsp3) is 0.600. The minimum Gasteiger partial charge on any atom is -0.393 e. The fourth-order valence-electron chi connectivity index (χ4n) is 5.80. The van der Waals surface area contributed by atoms with Crippen molar-refractivity contribution in [2.75, 3.05) is 38.5 Å². The standard InChI is InChI=1S/C30H44N6O/c1-4-5-6-22(2)32-30-31-19-27-28(21-36(29(27)33-30)25-11-13-26(37)14-12-25)24-9-7-23(8-10-24)20-35-17-15-34(3)16-18-35/h7-10,19,21-22,25-26,37H,4-6,11-18,20H2,1-3H3,(H,31,32,33)/t22-,25-,26-/m0/s1. The highest BCUT2D eigenvalue weighted by atomic mass is 16.3. The van der Waals surface area contributed by atoms with Crippen LogP contribution in [-0.2, 0) is 6.54 Å². The van der Waals surface area contributed by atoms with E-state index >= 15 is 0 Å². The molecule has 1 atom stereocenters. The van der Waals surface area contributed by atoms with Crippen LogP contribution in [0.15, 0.2) is 36.7 Å². The molecule has 7 nitrogen and oxygen atoms in total. The van der Waals surface area contributed by atoms with Crippen molar-refractivity contribution in [3.8, 4) is 11.1 Å². The van der Waals surface area contributed by atoms with Gasteiger partial charge in [-0.05, 0) is 57.2 Å². The molecule has 200 valence electrons. The monoisotopic (exact) mass is 504 g/mol. The summed E-state index contributed by atoms with van der Waals surface area (Å²) in [6.45, 7) is 9.99. The predicted molar refractivity (Wildman–Crippen MR) is 152 cm³/mol. The van der Waals surface area contributed by atoms with Crippen molar-refractivity contribution in [2.45, 2.75) is 83.5 Å². The number of benzene rings is 1. The van der Waals surface area contributed by atoms with Crippen molar-refractivity contribution in [3.05, 3.63) is 42.2 Å². The number of nitrogens with zero attached hydrogens (tertiary/aromatic N) is 5. The molecule has 2 aliphatic rings. The van der Waals surface area contributed by atoms with Gasteiger partial charge in [0.05, 0.1) is 6.10 Å². The minimum absolute atomic E-state index is 0.170. The number of fused-ring (bicyclic) bond motifs is 1. The number of aromatic nitrogens is 3. The number of nitrogens with one attached hydrogen (secondary N) is 1. The first kappa shape index (κ1) is 26.1. The van der Waals surface area contributed by atoms with Crippen LogP contribution in [0.25, 0.3) is 22.2 Å². The Balaban J connectivity index is 1.41. The molecule has 0 spiro atoms. The van der Waals surface area contributed by atoms with E-state index in [9.17, 15) is 5.11 Å². The summed E-state index contributed by atoms with van der Waals surface area (Å²) in [6.07, 6.45) is 11.3. The number of hydrogen-bond donors (Lipinski definition) is 2. The van der Waals surface area contributed by atoms with E-state index < -0.39 is 0 Å². The third-order valence-electron chi connectivity index (χ3n) is 8.26. The summed E-state index contributed by atoms with van der Waals surface area (Å²) in [7, 11) is 2.20. The van der Waals surface area contributed by atoms with Gasteiger partial charge in [-0.1, -0.05) is 44.0 Å². The largest absolute Gasteiger partial charge is 0.393 e. The van der Waals surface area contributed by atoms with E-state index in [1.807, 2.05) is 6.20 Å². The lowest BCUT2D eigenvalue weighted by Gasteiger charge is -2.32.